The number of aliphatic hydroxyl groups is 1. The van der Waals surface area contributed by atoms with Crippen molar-refractivity contribution < 1.29 is 9.90 Å². The fraction of sp³-hybridized carbons (Fsp3) is 0.588. The van der Waals surface area contributed by atoms with E-state index < -0.39 is 0 Å². The lowest BCUT2D eigenvalue weighted by Gasteiger charge is -2.43. The van der Waals surface area contributed by atoms with Gasteiger partial charge in [0.15, 0.2) is 0 Å². The van der Waals surface area contributed by atoms with Crippen LogP contribution in [0.3, 0.4) is 0 Å². The van der Waals surface area contributed by atoms with E-state index in [4.69, 9.17) is 0 Å². The SMILES string of the molecule is O=C[C@@H]1CCCN1N1CCC(c2ccccc2)C(CO)C1. The molecule has 0 saturated carbocycles. The van der Waals surface area contributed by atoms with Gasteiger partial charge in [0.1, 0.15) is 6.29 Å². The molecule has 2 saturated heterocycles. The Morgan fingerprint density at radius 1 is 1.19 bits per heavy atom. The Morgan fingerprint density at radius 3 is 2.71 bits per heavy atom. The molecular weight excluding hydrogens is 264 g/mol. The number of carbonyl (C=O) groups is 1. The third kappa shape index (κ3) is 3.03. The average molecular weight is 288 g/mol. The molecule has 0 radical (unpaired) electrons. The van der Waals surface area contributed by atoms with Crippen molar-refractivity contribution in [1.82, 2.24) is 10.0 Å². The minimum atomic E-state index is 0.0395. The van der Waals surface area contributed by atoms with Crippen LogP contribution in [0.4, 0.5) is 0 Å². The van der Waals surface area contributed by atoms with Crippen molar-refractivity contribution in [2.24, 2.45) is 5.92 Å². The van der Waals surface area contributed by atoms with Gasteiger partial charge in [-0.05, 0) is 30.7 Å². The zero-order valence-electron chi connectivity index (χ0n) is 12.4. The van der Waals surface area contributed by atoms with Crippen molar-refractivity contribution in [2.45, 2.75) is 31.2 Å². The molecule has 21 heavy (non-hydrogen) atoms. The first-order valence-corrected chi connectivity index (χ1v) is 7.96. The molecule has 1 aromatic rings. The molecule has 1 aromatic carbocycles. The number of piperidine rings is 1. The third-order valence-corrected chi connectivity index (χ3v) is 4.97. The van der Waals surface area contributed by atoms with Gasteiger partial charge in [0.2, 0.25) is 0 Å². The summed E-state index contributed by atoms with van der Waals surface area (Å²) < 4.78 is 0. The highest BCUT2D eigenvalue weighted by molar-refractivity contribution is 5.57. The number of rotatable bonds is 4. The summed E-state index contributed by atoms with van der Waals surface area (Å²) in [4.78, 5) is 11.2. The minimum absolute atomic E-state index is 0.0395. The molecular formula is C17H24N2O2. The van der Waals surface area contributed by atoms with E-state index >= 15 is 0 Å². The zero-order valence-corrected chi connectivity index (χ0v) is 12.4. The monoisotopic (exact) mass is 288 g/mol. The summed E-state index contributed by atoms with van der Waals surface area (Å²) in [7, 11) is 0. The molecule has 2 heterocycles. The standard InChI is InChI=1S/C17H24N2O2/c20-12-15-11-18(19-9-4-7-16(19)13-21)10-8-17(15)14-5-2-1-3-6-14/h1-3,5-6,13,15-17,20H,4,7-12H2/t15?,16-,17?/m0/s1. The van der Waals surface area contributed by atoms with Crippen LogP contribution in [0.5, 0.6) is 0 Å². The van der Waals surface area contributed by atoms with E-state index in [9.17, 15) is 9.90 Å². The molecule has 4 heteroatoms. The second-order valence-electron chi connectivity index (χ2n) is 6.17. The largest absolute Gasteiger partial charge is 0.396 e. The van der Waals surface area contributed by atoms with Crippen LogP contribution in [-0.2, 0) is 4.79 Å². The summed E-state index contributed by atoms with van der Waals surface area (Å²) in [6, 6.07) is 10.5. The zero-order chi connectivity index (χ0) is 14.7. The molecule has 0 bridgehead atoms. The summed E-state index contributed by atoms with van der Waals surface area (Å²) in [6.07, 6.45) is 4.17. The van der Waals surface area contributed by atoms with Gasteiger partial charge >= 0.3 is 0 Å². The molecule has 2 unspecified atom stereocenters. The lowest BCUT2D eigenvalue weighted by molar-refractivity contribution is -0.123. The maximum absolute atomic E-state index is 11.2. The average Bonchev–Trinajstić information content (AvgIpc) is 3.03. The Hall–Kier alpha value is -1.23. The van der Waals surface area contributed by atoms with Crippen LogP contribution < -0.4 is 0 Å². The molecule has 0 amide bonds. The Balaban J connectivity index is 1.70. The van der Waals surface area contributed by atoms with Gasteiger partial charge in [-0.2, -0.15) is 0 Å². The number of benzene rings is 1. The van der Waals surface area contributed by atoms with Gasteiger partial charge in [0, 0.05) is 32.2 Å². The van der Waals surface area contributed by atoms with Crippen LogP contribution in [0.15, 0.2) is 30.3 Å². The number of hydrazine groups is 1. The first-order valence-electron chi connectivity index (χ1n) is 7.96. The van der Waals surface area contributed by atoms with Crippen LogP contribution in [-0.4, -0.2) is 53.7 Å². The number of hydrogen-bond donors (Lipinski definition) is 1. The van der Waals surface area contributed by atoms with E-state index in [0.29, 0.717) is 5.92 Å². The predicted octanol–water partition coefficient (Wildman–Crippen LogP) is 1.66. The summed E-state index contributed by atoms with van der Waals surface area (Å²) in [5.41, 5.74) is 1.32. The lowest BCUT2D eigenvalue weighted by atomic mass is 9.81. The Morgan fingerprint density at radius 2 is 2.00 bits per heavy atom. The molecule has 3 atom stereocenters. The quantitative estimate of drug-likeness (QED) is 0.856. The molecule has 1 N–H and O–H groups in total. The molecule has 2 aliphatic heterocycles. The normalized spacial score (nSPS) is 31.4. The van der Waals surface area contributed by atoms with E-state index in [2.05, 4.69) is 34.3 Å². The van der Waals surface area contributed by atoms with Crippen molar-refractivity contribution in [3.05, 3.63) is 35.9 Å². The van der Waals surface area contributed by atoms with Crippen molar-refractivity contribution in [1.29, 1.82) is 0 Å². The number of nitrogens with zero attached hydrogens (tertiary/aromatic N) is 2. The molecule has 4 nitrogen and oxygen atoms in total. The maximum atomic E-state index is 11.2. The molecule has 2 aliphatic rings. The summed E-state index contributed by atoms with van der Waals surface area (Å²) >= 11 is 0. The second-order valence-corrected chi connectivity index (χ2v) is 6.17. The van der Waals surface area contributed by atoms with Gasteiger partial charge in [-0.25, -0.2) is 10.0 Å². The van der Waals surface area contributed by atoms with E-state index in [1.807, 2.05) is 6.07 Å². The van der Waals surface area contributed by atoms with Crippen LogP contribution in [0.1, 0.15) is 30.7 Å². The maximum Gasteiger partial charge on any atom is 0.138 e. The predicted molar refractivity (Wildman–Crippen MR) is 81.7 cm³/mol. The van der Waals surface area contributed by atoms with Gasteiger partial charge in [-0.1, -0.05) is 30.3 Å². The van der Waals surface area contributed by atoms with Crippen molar-refractivity contribution in [2.75, 3.05) is 26.2 Å². The van der Waals surface area contributed by atoms with E-state index in [1.54, 1.807) is 0 Å². The highest BCUT2D eigenvalue weighted by Gasteiger charge is 2.36. The molecule has 3 rings (SSSR count). The van der Waals surface area contributed by atoms with Crippen LogP contribution in [0.2, 0.25) is 0 Å². The molecule has 0 aliphatic carbocycles. The molecule has 0 aromatic heterocycles. The first kappa shape index (κ1) is 14.7. The Labute approximate surface area is 126 Å². The number of carbonyl (C=O) groups excluding carboxylic acids is 1. The van der Waals surface area contributed by atoms with Crippen molar-refractivity contribution in [3.8, 4) is 0 Å². The van der Waals surface area contributed by atoms with E-state index in [1.165, 1.54) is 5.56 Å². The van der Waals surface area contributed by atoms with Crippen LogP contribution in [0, 0.1) is 5.92 Å². The Bertz CT molecular complexity index is 465. The van der Waals surface area contributed by atoms with Gasteiger partial charge < -0.3 is 9.90 Å². The summed E-state index contributed by atoms with van der Waals surface area (Å²) in [6.45, 7) is 2.99. The number of hydrogen-bond acceptors (Lipinski definition) is 4. The van der Waals surface area contributed by atoms with Crippen molar-refractivity contribution >= 4 is 6.29 Å². The lowest BCUT2D eigenvalue weighted by Crippen LogP contribution is -2.52. The first-order chi connectivity index (χ1) is 10.3. The third-order valence-electron chi connectivity index (χ3n) is 4.97. The highest BCUT2D eigenvalue weighted by atomic mass is 16.3. The van der Waals surface area contributed by atoms with Crippen LogP contribution in [0.25, 0.3) is 0 Å². The topological polar surface area (TPSA) is 43.8 Å². The van der Waals surface area contributed by atoms with Gasteiger partial charge in [-0.15, -0.1) is 0 Å². The fourth-order valence-electron chi connectivity index (χ4n) is 3.84. The minimum Gasteiger partial charge on any atom is -0.396 e. The fourth-order valence-corrected chi connectivity index (χ4v) is 3.84. The van der Waals surface area contributed by atoms with Crippen molar-refractivity contribution in [3.63, 3.8) is 0 Å². The van der Waals surface area contributed by atoms with Gasteiger partial charge in [-0.3, -0.25) is 0 Å². The second kappa shape index (κ2) is 6.69. The van der Waals surface area contributed by atoms with E-state index in [0.717, 1.165) is 45.2 Å². The molecule has 2 fully saturated rings. The van der Waals surface area contributed by atoms with E-state index in [-0.39, 0.29) is 18.6 Å². The smallest absolute Gasteiger partial charge is 0.138 e. The summed E-state index contributed by atoms with van der Waals surface area (Å²) in [5, 5.41) is 14.3. The Kier molecular flexibility index (Phi) is 4.68. The number of aldehydes is 1. The van der Waals surface area contributed by atoms with Gasteiger partial charge in [0.05, 0.1) is 6.04 Å². The molecule has 0 spiro atoms. The number of aliphatic hydroxyl groups excluding tert-OH is 1. The highest BCUT2D eigenvalue weighted by Crippen LogP contribution is 2.34. The summed E-state index contributed by atoms with van der Waals surface area (Å²) in [5.74, 6) is 0.666. The van der Waals surface area contributed by atoms with Crippen LogP contribution >= 0.6 is 0 Å². The molecule has 114 valence electrons. The van der Waals surface area contributed by atoms with Gasteiger partial charge in [0.25, 0.3) is 0 Å².